The summed E-state index contributed by atoms with van der Waals surface area (Å²) < 4.78 is 12.2. The van der Waals surface area contributed by atoms with E-state index in [9.17, 15) is 9.67 Å². The van der Waals surface area contributed by atoms with Gasteiger partial charge in [0.1, 0.15) is 12.5 Å². The van der Waals surface area contributed by atoms with Crippen molar-refractivity contribution in [2.24, 2.45) is 0 Å². The average molecular weight is 214 g/mol. The molecule has 0 radical (unpaired) electrons. The Hall–Kier alpha value is -0.830. The van der Waals surface area contributed by atoms with E-state index in [1.807, 2.05) is 12.1 Å². The molecule has 0 aromatic rings. The lowest BCUT2D eigenvalue weighted by atomic mass is 10.5. The van der Waals surface area contributed by atoms with E-state index in [1.165, 1.54) is 13.8 Å². The van der Waals surface area contributed by atoms with E-state index < -0.39 is 12.5 Å². The Kier molecular flexibility index (Phi) is 4.85. The van der Waals surface area contributed by atoms with Gasteiger partial charge in [-0.25, -0.2) is 0 Å². The number of nitrogens with zero attached hydrogens (tertiary/aromatic N) is 2. The summed E-state index contributed by atoms with van der Waals surface area (Å²) in [6, 6.07) is 3.81. The fourth-order valence-corrected chi connectivity index (χ4v) is 3.36. The molecule has 14 heavy (non-hydrogen) atoms. The van der Waals surface area contributed by atoms with Crippen molar-refractivity contribution < 1.29 is 9.67 Å². The molecule has 0 amide bonds. The zero-order chi connectivity index (χ0) is 11.2. The number of nitriles is 2. The minimum atomic E-state index is -2.83. The molecule has 0 aromatic carbocycles. The van der Waals surface area contributed by atoms with E-state index >= 15 is 0 Å². The summed E-state index contributed by atoms with van der Waals surface area (Å²) in [7, 11) is -2.83. The van der Waals surface area contributed by atoms with Gasteiger partial charge in [0.15, 0.2) is 0 Å². The van der Waals surface area contributed by atoms with Crippen molar-refractivity contribution in [3.05, 3.63) is 0 Å². The first kappa shape index (κ1) is 13.2. The molecule has 0 spiro atoms. The Morgan fingerprint density at radius 1 is 1.21 bits per heavy atom. The Morgan fingerprint density at radius 2 is 1.57 bits per heavy atom. The number of hydrogen-bond acceptors (Lipinski definition) is 4. The third-order valence-corrected chi connectivity index (χ3v) is 6.05. The van der Waals surface area contributed by atoms with Crippen LogP contribution in [0.15, 0.2) is 0 Å². The van der Waals surface area contributed by atoms with Gasteiger partial charge in [-0.1, -0.05) is 0 Å². The van der Waals surface area contributed by atoms with Gasteiger partial charge < -0.3 is 9.67 Å². The molecule has 0 atom stereocenters. The van der Waals surface area contributed by atoms with Crippen LogP contribution in [-0.4, -0.2) is 22.8 Å². The Bertz CT molecular complexity index is 284. The molecule has 4 nitrogen and oxygen atoms in total. The maximum Gasteiger partial charge on any atom is 0.119 e. The Balaban J connectivity index is 4.63. The monoisotopic (exact) mass is 214 g/mol. The Morgan fingerprint density at radius 3 is 1.79 bits per heavy atom. The second kappa shape index (κ2) is 5.15. The summed E-state index contributed by atoms with van der Waals surface area (Å²) in [6.07, 6.45) is 0.697. The molecule has 0 unspecified atom stereocenters. The molecular weight excluding hydrogens is 199 g/mol. The predicted octanol–water partition coefficient (Wildman–Crippen LogP) is 1.91. The summed E-state index contributed by atoms with van der Waals surface area (Å²) in [5, 5.41) is 25.2. The summed E-state index contributed by atoms with van der Waals surface area (Å²) in [4.78, 5) is 0. The van der Waals surface area contributed by atoms with Gasteiger partial charge in [0.25, 0.3) is 0 Å². The maximum absolute atomic E-state index is 12.2. The highest BCUT2D eigenvalue weighted by atomic mass is 31.2. The van der Waals surface area contributed by atoms with E-state index in [4.69, 9.17) is 10.5 Å². The highest BCUT2D eigenvalue weighted by Gasteiger charge is 2.37. The van der Waals surface area contributed by atoms with Crippen molar-refractivity contribution in [2.45, 2.75) is 32.0 Å². The molecule has 0 rings (SSSR count). The molecule has 0 saturated carbocycles. The van der Waals surface area contributed by atoms with Crippen LogP contribution in [0.25, 0.3) is 0 Å². The predicted molar refractivity (Wildman–Crippen MR) is 54.1 cm³/mol. The van der Waals surface area contributed by atoms with Crippen LogP contribution in [0.2, 0.25) is 0 Å². The second-order valence-electron chi connectivity index (χ2n) is 3.65. The maximum atomic E-state index is 12.2. The molecule has 0 saturated heterocycles. The fraction of sp³-hybridized carbons (Fsp3) is 0.778. The molecule has 0 bridgehead atoms. The van der Waals surface area contributed by atoms with E-state index in [1.54, 1.807) is 0 Å². The number of rotatable bonds is 5. The van der Waals surface area contributed by atoms with E-state index in [2.05, 4.69) is 0 Å². The van der Waals surface area contributed by atoms with Crippen LogP contribution in [0.3, 0.4) is 0 Å². The molecule has 0 aliphatic rings. The third-order valence-electron chi connectivity index (χ3n) is 2.17. The van der Waals surface area contributed by atoms with Gasteiger partial charge in [-0.3, -0.25) is 0 Å². The quantitative estimate of drug-likeness (QED) is 0.708. The topological polar surface area (TPSA) is 84.9 Å². The lowest BCUT2D eigenvalue weighted by Gasteiger charge is -2.28. The standard InChI is InChI=1S/C9H15N2O2P/c1-9(2,12)14(13,7-3-5-10)8-4-6-11/h12H,3-4,7-8H2,1-2H3. The van der Waals surface area contributed by atoms with Gasteiger partial charge in [-0.2, -0.15) is 10.5 Å². The SMILES string of the molecule is CC(C)(O)P(=O)(CCC#N)CCC#N. The van der Waals surface area contributed by atoms with E-state index in [0.29, 0.717) is 0 Å². The molecule has 78 valence electrons. The van der Waals surface area contributed by atoms with Crippen LogP contribution in [-0.2, 0) is 4.57 Å². The minimum absolute atomic E-state index is 0.159. The molecule has 0 aliphatic heterocycles. The second-order valence-corrected chi connectivity index (χ2v) is 7.41. The Labute approximate surface area is 84.5 Å². The van der Waals surface area contributed by atoms with Gasteiger partial charge in [0, 0.05) is 25.2 Å². The lowest BCUT2D eigenvalue weighted by molar-refractivity contribution is 0.162. The largest absolute Gasteiger partial charge is 0.383 e. The van der Waals surface area contributed by atoms with Gasteiger partial charge in [0.2, 0.25) is 0 Å². The molecular formula is C9H15N2O2P. The van der Waals surface area contributed by atoms with Gasteiger partial charge in [-0.05, 0) is 13.8 Å². The van der Waals surface area contributed by atoms with Crippen LogP contribution < -0.4 is 0 Å². The average Bonchev–Trinajstić information content (AvgIpc) is 2.09. The zero-order valence-corrected chi connectivity index (χ0v) is 9.42. The summed E-state index contributed by atoms with van der Waals surface area (Å²) in [6.45, 7) is 2.95. The summed E-state index contributed by atoms with van der Waals surface area (Å²) >= 11 is 0. The lowest BCUT2D eigenvalue weighted by Crippen LogP contribution is -2.23. The highest BCUT2D eigenvalue weighted by molar-refractivity contribution is 7.65. The first-order valence-electron chi connectivity index (χ1n) is 4.42. The summed E-state index contributed by atoms with van der Waals surface area (Å²) in [5.74, 6) is 0. The molecule has 0 aliphatic carbocycles. The highest BCUT2D eigenvalue weighted by Crippen LogP contribution is 2.57. The van der Waals surface area contributed by atoms with Crippen molar-refractivity contribution in [1.82, 2.24) is 0 Å². The first-order chi connectivity index (χ1) is 6.37. The summed E-state index contributed by atoms with van der Waals surface area (Å²) in [5.41, 5.74) is 0. The molecule has 1 N–H and O–H groups in total. The van der Waals surface area contributed by atoms with Crippen molar-refractivity contribution >= 4 is 7.14 Å². The molecule has 0 fully saturated rings. The fourth-order valence-electron chi connectivity index (χ4n) is 1.12. The normalized spacial score (nSPS) is 11.8. The first-order valence-corrected chi connectivity index (χ1v) is 6.49. The smallest absolute Gasteiger partial charge is 0.119 e. The van der Waals surface area contributed by atoms with Gasteiger partial charge >= 0.3 is 0 Å². The number of aliphatic hydroxyl groups is 1. The van der Waals surface area contributed by atoms with Gasteiger partial charge in [-0.15, -0.1) is 0 Å². The van der Waals surface area contributed by atoms with Crippen LogP contribution in [0.5, 0.6) is 0 Å². The number of hydrogen-bond donors (Lipinski definition) is 1. The van der Waals surface area contributed by atoms with Crippen LogP contribution in [0.4, 0.5) is 0 Å². The van der Waals surface area contributed by atoms with Crippen LogP contribution >= 0.6 is 7.14 Å². The third kappa shape index (κ3) is 3.50. The molecule has 0 aromatic heterocycles. The van der Waals surface area contributed by atoms with E-state index in [-0.39, 0.29) is 25.2 Å². The van der Waals surface area contributed by atoms with E-state index in [0.717, 1.165) is 0 Å². The van der Waals surface area contributed by atoms with Crippen molar-refractivity contribution in [2.75, 3.05) is 12.3 Å². The van der Waals surface area contributed by atoms with Crippen LogP contribution in [0.1, 0.15) is 26.7 Å². The minimum Gasteiger partial charge on any atom is -0.383 e. The van der Waals surface area contributed by atoms with Crippen molar-refractivity contribution in [3.8, 4) is 12.1 Å². The molecule has 5 heteroatoms. The van der Waals surface area contributed by atoms with Crippen molar-refractivity contribution in [1.29, 1.82) is 10.5 Å². The molecule has 0 heterocycles. The van der Waals surface area contributed by atoms with Crippen LogP contribution in [0, 0.1) is 22.7 Å². The zero-order valence-electron chi connectivity index (χ0n) is 8.53. The van der Waals surface area contributed by atoms with Crippen molar-refractivity contribution in [3.63, 3.8) is 0 Å². The van der Waals surface area contributed by atoms with Gasteiger partial charge in [0.05, 0.1) is 12.1 Å².